The van der Waals surface area contributed by atoms with Gasteiger partial charge in [-0.3, -0.25) is 19.9 Å². The summed E-state index contributed by atoms with van der Waals surface area (Å²) in [6.07, 6.45) is 2.06. The highest BCUT2D eigenvalue weighted by atomic mass is 16.3. The summed E-state index contributed by atoms with van der Waals surface area (Å²) in [6, 6.07) is 32.9. The van der Waals surface area contributed by atoms with E-state index in [-0.39, 0.29) is 17.6 Å². The number of hydrogen-bond donors (Lipinski definition) is 3. The zero-order valence-electron chi connectivity index (χ0n) is 25.9. The van der Waals surface area contributed by atoms with E-state index in [0.29, 0.717) is 11.3 Å². The van der Waals surface area contributed by atoms with Crippen molar-refractivity contribution < 1.29 is 14.7 Å². The molecule has 230 valence electrons. The summed E-state index contributed by atoms with van der Waals surface area (Å²) >= 11 is 0. The van der Waals surface area contributed by atoms with Gasteiger partial charge in [0.15, 0.2) is 0 Å². The molecule has 0 saturated carbocycles. The molecule has 1 unspecified atom stereocenters. The average Bonchev–Trinajstić information content (AvgIpc) is 3.51. The number of nitrogens with one attached hydrogen (secondary N) is 1. The molecule has 4 N–H and O–H groups in total. The predicted molar refractivity (Wildman–Crippen MR) is 181 cm³/mol. The Bertz CT molecular complexity index is 2040. The third-order valence-corrected chi connectivity index (χ3v) is 7.97. The third-order valence-electron chi connectivity index (χ3n) is 7.97. The summed E-state index contributed by atoms with van der Waals surface area (Å²) in [7, 11) is 0. The number of hydrogen-bond acceptors (Lipinski definition) is 6. The molecule has 8 heteroatoms. The molecule has 0 radical (unpaired) electrons. The van der Waals surface area contributed by atoms with Gasteiger partial charge in [0, 0.05) is 22.7 Å². The number of rotatable bonds is 7. The van der Waals surface area contributed by atoms with Gasteiger partial charge in [0.05, 0.1) is 23.1 Å². The van der Waals surface area contributed by atoms with E-state index in [0.717, 1.165) is 39.0 Å². The number of benzene rings is 4. The quantitative estimate of drug-likeness (QED) is 0.188. The van der Waals surface area contributed by atoms with Crippen LogP contribution in [0, 0.1) is 0 Å². The van der Waals surface area contributed by atoms with E-state index < -0.39 is 17.9 Å². The molecule has 0 aliphatic carbocycles. The average molecular weight is 610 g/mol. The fourth-order valence-electron chi connectivity index (χ4n) is 5.31. The van der Waals surface area contributed by atoms with Crippen LogP contribution in [0.5, 0.6) is 5.75 Å². The standard InChI is InChI=1S/C38H35N5O3/c1-38(2,3)29-13-15-30(16-14-29)43-35(22-34(42-43)33-21-25-7-4-5-8-28(25)23-40-33)26-9-6-10-27(20-26)36(45)41-37(46)32(39)19-24-11-17-31(44)18-12-24/h4-18,20-23,32,44H,19,39H2,1-3H3,(H,41,45,46). The van der Waals surface area contributed by atoms with Crippen LogP contribution >= 0.6 is 0 Å². The Balaban J connectivity index is 1.32. The van der Waals surface area contributed by atoms with Crippen molar-refractivity contribution in [3.8, 4) is 34.1 Å². The Morgan fingerprint density at radius 3 is 2.28 bits per heavy atom. The van der Waals surface area contributed by atoms with E-state index in [4.69, 9.17) is 15.8 Å². The molecule has 0 fully saturated rings. The zero-order valence-corrected chi connectivity index (χ0v) is 25.9. The van der Waals surface area contributed by atoms with Crippen LogP contribution in [0.2, 0.25) is 0 Å². The second-order valence-corrected chi connectivity index (χ2v) is 12.4. The van der Waals surface area contributed by atoms with Gasteiger partial charge in [-0.2, -0.15) is 5.10 Å². The number of carbonyl (C=O) groups is 2. The number of amides is 2. The van der Waals surface area contributed by atoms with Gasteiger partial charge < -0.3 is 10.8 Å². The van der Waals surface area contributed by atoms with Crippen molar-refractivity contribution in [2.45, 2.75) is 38.6 Å². The number of phenolic OH excluding ortho intramolecular Hbond substituents is 1. The summed E-state index contributed by atoms with van der Waals surface area (Å²) in [6.45, 7) is 6.52. The molecule has 0 bridgehead atoms. The molecule has 1 atom stereocenters. The Morgan fingerprint density at radius 1 is 0.848 bits per heavy atom. The molecule has 0 saturated heterocycles. The van der Waals surface area contributed by atoms with Gasteiger partial charge >= 0.3 is 0 Å². The van der Waals surface area contributed by atoms with Crippen LogP contribution in [0.3, 0.4) is 0 Å². The Labute approximate surface area is 267 Å². The fourth-order valence-corrected chi connectivity index (χ4v) is 5.31. The third kappa shape index (κ3) is 6.57. The minimum Gasteiger partial charge on any atom is -0.508 e. The van der Waals surface area contributed by atoms with Crippen LogP contribution < -0.4 is 11.1 Å². The molecule has 6 aromatic rings. The maximum absolute atomic E-state index is 13.2. The van der Waals surface area contributed by atoms with Gasteiger partial charge in [-0.15, -0.1) is 0 Å². The summed E-state index contributed by atoms with van der Waals surface area (Å²) in [5, 5.41) is 19.0. The van der Waals surface area contributed by atoms with Crippen LogP contribution in [0.4, 0.5) is 0 Å². The highest BCUT2D eigenvalue weighted by molar-refractivity contribution is 6.06. The monoisotopic (exact) mass is 609 g/mol. The maximum Gasteiger partial charge on any atom is 0.257 e. The molecule has 8 nitrogen and oxygen atoms in total. The molecular formula is C38H35N5O3. The fraction of sp³-hybridized carbons (Fsp3) is 0.158. The number of nitrogens with two attached hydrogens (primary N) is 1. The molecule has 2 heterocycles. The molecule has 2 amide bonds. The van der Waals surface area contributed by atoms with E-state index in [2.05, 4.69) is 38.2 Å². The lowest BCUT2D eigenvalue weighted by molar-refractivity contribution is -0.121. The first-order valence-electron chi connectivity index (χ1n) is 15.1. The van der Waals surface area contributed by atoms with E-state index in [1.54, 1.807) is 30.3 Å². The number of imide groups is 1. The van der Waals surface area contributed by atoms with Crippen LogP contribution in [0.15, 0.2) is 115 Å². The van der Waals surface area contributed by atoms with Crippen molar-refractivity contribution in [1.29, 1.82) is 0 Å². The number of fused-ring (bicyclic) bond motifs is 1. The maximum atomic E-state index is 13.2. The number of nitrogens with zero attached hydrogens (tertiary/aromatic N) is 3. The minimum atomic E-state index is -0.939. The van der Waals surface area contributed by atoms with E-state index in [1.165, 1.54) is 17.7 Å². The summed E-state index contributed by atoms with van der Waals surface area (Å²) in [4.78, 5) is 30.7. The van der Waals surface area contributed by atoms with Crippen LogP contribution in [0.25, 0.3) is 39.1 Å². The second kappa shape index (κ2) is 12.4. The van der Waals surface area contributed by atoms with Crippen molar-refractivity contribution in [3.05, 3.63) is 132 Å². The van der Waals surface area contributed by atoms with Gasteiger partial charge in [0.25, 0.3) is 5.91 Å². The smallest absolute Gasteiger partial charge is 0.257 e. The van der Waals surface area contributed by atoms with Crippen LogP contribution in [0.1, 0.15) is 42.3 Å². The molecule has 6 rings (SSSR count). The van der Waals surface area contributed by atoms with Gasteiger partial charge in [-0.1, -0.05) is 81.4 Å². The first-order chi connectivity index (χ1) is 22.0. The summed E-state index contributed by atoms with van der Waals surface area (Å²) in [5.74, 6) is -1.01. The number of pyridine rings is 1. The predicted octanol–water partition coefficient (Wildman–Crippen LogP) is 6.58. The lowest BCUT2D eigenvalue weighted by Crippen LogP contribution is -2.44. The van der Waals surface area contributed by atoms with E-state index in [1.807, 2.05) is 65.5 Å². The minimum absolute atomic E-state index is 0.00261. The number of aromatic nitrogens is 3. The molecule has 2 aromatic heterocycles. The second-order valence-electron chi connectivity index (χ2n) is 12.4. The lowest BCUT2D eigenvalue weighted by Gasteiger charge is -2.19. The Morgan fingerprint density at radius 2 is 1.57 bits per heavy atom. The van der Waals surface area contributed by atoms with Crippen molar-refractivity contribution >= 4 is 22.6 Å². The Kier molecular flexibility index (Phi) is 8.21. The first kappa shape index (κ1) is 30.4. The van der Waals surface area contributed by atoms with Gasteiger partial charge in [-0.25, -0.2) is 4.68 Å². The van der Waals surface area contributed by atoms with Gasteiger partial charge in [-0.05, 0) is 76.9 Å². The van der Waals surface area contributed by atoms with Gasteiger partial charge in [0.2, 0.25) is 5.91 Å². The van der Waals surface area contributed by atoms with Crippen molar-refractivity contribution in [2.75, 3.05) is 0 Å². The highest BCUT2D eigenvalue weighted by Gasteiger charge is 2.20. The normalized spacial score (nSPS) is 12.2. The van der Waals surface area contributed by atoms with Crippen molar-refractivity contribution in [1.82, 2.24) is 20.1 Å². The molecular weight excluding hydrogens is 574 g/mol. The van der Waals surface area contributed by atoms with E-state index >= 15 is 0 Å². The first-order valence-corrected chi connectivity index (χ1v) is 15.1. The highest BCUT2D eigenvalue weighted by Crippen LogP contribution is 2.31. The molecule has 4 aromatic carbocycles. The van der Waals surface area contributed by atoms with Crippen molar-refractivity contribution in [3.63, 3.8) is 0 Å². The molecule has 46 heavy (non-hydrogen) atoms. The summed E-state index contributed by atoms with van der Waals surface area (Å²) in [5.41, 5.74) is 12.2. The SMILES string of the molecule is CC(C)(C)c1ccc(-n2nc(-c3cc4ccccc4cn3)cc2-c2cccc(C(=O)NC(=O)C(N)Cc3ccc(O)cc3)c2)cc1. The topological polar surface area (TPSA) is 123 Å². The summed E-state index contributed by atoms with van der Waals surface area (Å²) < 4.78 is 1.86. The lowest BCUT2D eigenvalue weighted by atomic mass is 9.87. The molecule has 0 aliphatic rings. The van der Waals surface area contributed by atoms with Crippen LogP contribution in [-0.2, 0) is 16.6 Å². The molecule has 0 spiro atoms. The van der Waals surface area contributed by atoms with Crippen molar-refractivity contribution in [2.24, 2.45) is 5.73 Å². The largest absolute Gasteiger partial charge is 0.508 e. The number of phenols is 1. The van der Waals surface area contributed by atoms with Crippen LogP contribution in [-0.4, -0.2) is 37.7 Å². The number of aromatic hydroxyl groups is 1. The number of carbonyl (C=O) groups excluding carboxylic acids is 2. The van der Waals surface area contributed by atoms with Gasteiger partial charge in [0.1, 0.15) is 11.4 Å². The van der Waals surface area contributed by atoms with E-state index in [9.17, 15) is 14.7 Å². The zero-order chi connectivity index (χ0) is 32.4. The Hall–Kier alpha value is -5.60. The molecule has 0 aliphatic heterocycles.